The number of thioether (sulfide) groups is 1. The van der Waals surface area contributed by atoms with E-state index in [4.69, 9.17) is 5.73 Å². The highest BCUT2D eigenvalue weighted by atomic mass is 32.2. The molecule has 84 valence electrons. The van der Waals surface area contributed by atoms with Gasteiger partial charge in [-0.3, -0.25) is 4.79 Å². The van der Waals surface area contributed by atoms with E-state index in [1.165, 1.54) is 0 Å². The van der Waals surface area contributed by atoms with Crippen molar-refractivity contribution in [2.45, 2.75) is 38.5 Å². The number of rotatable bonds is 5. The highest BCUT2D eigenvalue weighted by Crippen LogP contribution is 2.19. The van der Waals surface area contributed by atoms with E-state index in [9.17, 15) is 4.79 Å². The molecule has 0 saturated carbocycles. The predicted molar refractivity (Wildman–Crippen MR) is 63.4 cm³/mol. The summed E-state index contributed by atoms with van der Waals surface area (Å²) in [6, 6.07) is -0.396. The van der Waals surface area contributed by atoms with Crippen molar-refractivity contribution in [2.75, 3.05) is 12.8 Å². The maximum absolute atomic E-state index is 11.5. The second-order valence-electron chi connectivity index (χ2n) is 4.45. The Balaban J connectivity index is 3.97. The van der Waals surface area contributed by atoms with Gasteiger partial charge in [0.15, 0.2) is 0 Å². The first-order valence-corrected chi connectivity index (χ1v) is 6.11. The minimum Gasteiger partial charge on any atom is -0.353 e. The molecule has 0 fully saturated rings. The predicted octanol–water partition coefficient (Wildman–Crippen LogP) is 1.23. The maximum atomic E-state index is 11.5. The summed E-state index contributed by atoms with van der Waals surface area (Å²) in [5, 5.41) is 2.87. The molecule has 0 aliphatic heterocycles. The lowest BCUT2D eigenvalue weighted by Gasteiger charge is -2.24. The summed E-state index contributed by atoms with van der Waals surface area (Å²) >= 11 is 1.73. The Labute approximate surface area is 91.2 Å². The van der Waals surface area contributed by atoms with Crippen LogP contribution in [0.3, 0.4) is 0 Å². The van der Waals surface area contributed by atoms with Crippen LogP contribution in [0.4, 0.5) is 0 Å². The van der Waals surface area contributed by atoms with Crippen molar-refractivity contribution in [1.29, 1.82) is 0 Å². The second-order valence-corrected chi connectivity index (χ2v) is 5.96. The van der Waals surface area contributed by atoms with Crippen LogP contribution in [0.2, 0.25) is 0 Å². The Morgan fingerprint density at radius 1 is 1.50 bits per heavy atom. The molecule has 3 nitrogen and oxygen atoms in total. The van der Waals surface area contributed by atoms with Crippen molar-refractivity contribution in [3.05, 3.63) is 0 Å². The molecule has 0 rings (SSSR count). The number of hydrogen-bond donors (Lipinski definition) is 2. The van der Waals surface area contributed by atoms with Crippen LogP contribution in [-0.2, 0) is 4.79 Å². The van der Waals surface area contributed by atoms with Crippen LogP contribution in [-0.4, -0.2) is 29.5 Å². The molecule has 14 heavy (non-hydrogen) atoms. The first-order valence-electron chi connectivity index (χ1n) is 4.88. The minimum atomic E-state index is -0.396. The Kier molecular flexibility index (Phi) is 5.52. The summed E-state index contributed by atoms with van der Waals surface area (Å²) in [7, 11) is 0. The third-order valence-corrected chi connectivity index (χ3v) is 3.51. The largest absolute Gasteiger partial charge is 0.353 e. The Morgan fingerprint density at radius 3 is 2.36 bits per heavy atom. The smallest absolute Gasteiger partial charge is 0.237 e. The van der Waals surface area contributed by atoms with Gasteiger partial charge in [-0.2, -0.15) is 11.8 Å². The van der Waals surface area contributed by atoms with E-state index in [1.54, 1.807) is 11.8 Å². The van der Waals surface area contributed by atoms with Crippen LogP contribution in [0.25, 0.3) is 0 Å². The van der Waals surface area contributed by atoms with Gasteiger partial charge in [0.1, 0.15) is 0 Å². The van der Waals surface area contributed by atoms with Crippen molar-refractivity contribution >= 4 is 17.7 Å². The molecular weight excluding hydrogens is 196 g/mol. The van der Waals surface area contributed by atoms with Gasteiger partial charge < -0.3 is 11.1 Å². The van der Waals surface area contributed by atoms with Gasteiger partial charge in [0.05, 0.1) is 6.04 Å². The molecule has 3 N–H and O–H groups in total. The fourth-order valence-corrected chi connectivity index (χ4v) is 1.01. The van der Waals surface area contributed by atoms with Crippen LogP contribution < -0.4 is 11.1 Å². The van der Waals surface area contributed by atoms with Gasteiger partial charge in [0, 0.05) is 11.3 Å². The van der Waals surface area contributed by atoms with Crippen LogP contribution >= 0.6 is 11.8 Å². The van der Waals surface area contributed by atoms with Gasteiger partial charge in [-0.1, -0.05) is 13.8 Å². The Hall–Kier alpha value is -0.220. The number of hydrogen-bond acceptors (Lipinski definition) is 3. The molecule has 1 amide bonds. The highest BCUT2D eigenvalue weighted by Gasteiger charge is 2.21. The first-order chi connectivity index (χ1) is 6.30. The standard InChI is InChI=1S/C10H22N2OS/c1-7(2)8(11)9(13)12-6-10(3,4)14-5/h7-8H,6,11H2,1-5H3,(H,12,13)/t8-/m0/s1. The molecule has 1 atom stereocenters. The zero-order valence-electron chi connectivity index (χ0n) is 9.76. The summed E-state index contributed by atoms with van der Waals surface area (Å²) in [5.41, 5.74) is 5.71. The average Bonchev–Trinajstić information content (AvgIpc) is 2.13. The molecule has 0 aliphatic carbocycles. The number of nitrogens with one attached hydrogen (secondary N) is 1. The lowest BCUT2D eigenvalue weighted by Crippen LogP contribution is -2.47. The second kappa shape index (κ2) is 5.61. The molecule has 0 aromatic heterocycles. The van der Waals surface area contributed by atoms with Gasteiger partial charge in [0.2, 0.25) is 5.91 Å². The minimum absolute atomic E-state index is 0.0536. The summed E-state index contributed by atoms with van der Waals surface area (Å²) in [6.07, 6.45) is 2.04. The fraction of sp³-hybridized carbons (Fsp3) is 0.900. The van der Waals surface area contributed by atoms with E-state index in [-0.39, 0.29) is 16.6 Å². The first kappa shape index (κ1) is 13.8. The van der Waals surface area contributed by atoms with E-state index in [1.807, 2.05) is 20.1 Å². The van der Waals surface area contributed by atoms with Gasteiger partial charge in [-0.25, -0.2) is 0 Å². The average molecular weight is 218 g/mol. The lowest BCUT2D eigenvalue weighted by molar-refractivity contribution is -0.123. The topological polar surface area (TPSA) is 55.1 Å². The van der Waals surface area contributed by atoms with Gasteiger partial charge in [0.25, 0.3) is 0 Å². The summed E-state index contributed by atoms with van der Waals surface area (Å²) < 4.78 is 0.0758. The van der Waals surface area contributed by atoms with E-state index < -0.39 is 6.04 Å². The number of carbonyl (C=O) groups excluding carboxylic acids is 1. The molecule has 0 bridgehead atoms. The number of carbonyl (C=O) groups is 1. The summed E-state index contributed by atoms with van der Waals surface area (Å²) in [4.78, 5) is 11.5. The van der Waals surface area contributed by atoms with E-state index in [0.717, 1.165) is 0 Å². The molecule has 0 spiro atoms. The van der Waals surface area contributed by atoms with E-state index in [2.05, 4.69) is 19.2 Å². The fourth-order valence-electron chi connectivity index (χ4n) is 0.793. The normalized spacial score (nSPS) is 14.2. The molecule has 0 aromatic carbocycles. The SMILES string of the molecule is CSC(C)(C)CNC(=O)[C@@H](N)C(C)C. The summed E-state index contributed by atoms with van der Waals surface area (Å²) in [5.74, 6) is 0.134. The summed E-state index contributed by atoms with van der Waals surface area (Å²) in [6.45, 7) is 8.75. The molecule has 4 heteroatoms. The van der Waals surface area contributed by atoms with Crippen molar-refractivity contribution in [1.82, 2.24) is 5.32 Å². The third-order valence-electron chi connectivity index (χ3n) is 2.26. The molecule has 0 radical (unpaired) electrons. The van der Waals surface area contributed by atoms with Crippen molar-refractivity contribution in [2.24, 2.45) is 11.7 Å². The Bertz CT molecular complexity index is 193. The molecule has 0 aromatic rings. The Morgan fingerprint density at radius 2 is 2.00 bits per heavy atom. The van der Waals surface area contributed by atoms with Crippen molar-refractivity contribution < 1.29 is 4.79 Å². The molecular formula is C10H22N2OS. The maximum Gasteiger partial charge on any atom is 0.237 e. The van der Waals surface area contributed by atoms with Crippen molar-refractivity contribution in [3.63, 3.8) is 0 Å². The molecule has 0 aliphatic rings. The molecule has 0 unspecified atom stereocenters. The lowest BCUT2D eigenvalue weighted by atomic mass is 10.0. The molecule has 0 heterocycles. The van der Waals surface area contributed by atoms with Crippen LogP contribution in [0.1, 0.15) is 27.7 Å². The van der Waals surface area contributed by atoms with Gasteiger partial charge >= 0.3 is 0 Å². The van der Waals surface area contributed by atoms with Crippen LogP contribution in [0, 0.1) is 5.92 Å². The highest BCUT2D eigenvalue weighted by molar-refractivity contribution is 7.99. The number of nitrogens with two attached hydrogens (primary N) is 1. The van der Waals surface area contributed by atoms with E-state index in [0.29, 0.717) is 6.54 Å². The van der Waals surface area contributed by atoms with E-state index >= 15 is 0 Å². The third kappa shape index (κ3) is 4.86. The van der Waals surface area contributed by atoms with Crippen LogP contribution in [0.15, 0.2) is 0 Å². The van der Waals surface area contributed by atoms with Gasteiger partial charge in [-0.15, -0.1) is 0 Å². The molecule has 0 saturated heterocycles. The van der Waals surface area contributed by atoms with Crippen molar-refractivity contribution in [3.8, 4) is 0 Å². The zero-order valence-corrected chi connectivity index (χ0v) is 10.6. The number of amides is 1. The van der Waals surface area contributed by atoms with Crippen LogP contribution in [0.5, 0.6) is 0 Å². The zero-order chi connectivity index (χ0) is 11.4. The van der Waals surface area contributed by atoms with Gasteiger partial charge in [-0.05, 0) is 26.0 Å². The quantitative estimate of drug-likeness (QED) is 0.729. The monoisotopic (exact) mass is 218 g/mol.